The molecule has 2 fully saturated rings. The van der Waals surface area contributed by atoms with Crippen LogP contribution in [0.3, 0.4) is 0 Å². The molecule has 0 bridgehead atoms. The van der Waals surface area contributed by atoms with Crippen LogP contribution < -0.4 is 5.32 Å². The van der Waals surface area contributed by atoms with Gasteiger partial charge >= 0.3 is 6.09 Å². The third-order valence-corrected chi connectivity index (χ3v) is 5.00. The van der Waals surface area contributed by atoms with Gasteiger partial charge in [0.05, 0.1) is 12.9 Å². The van der Waals surface area contributed by atoms with E-state index in [1.54, 1.807) is 12.5 Å². The molecule has 2 aromatic rings. The minimum Gasteiger partial charge on any atom is -0.441 e. The second-order valence-corrected chi connectivity index (χ2v) is 6.69. The zero-order valence-corrected chi connectivity index (χ0v) is 13.6. The summed E-state index contributed by atoms with van der Waals surface area (Å²) in [6.45, 7) is 3.59. The molecule has 2 saturated heterocycles. The first-order chi connectivity index (χ1) is 11.7. The SMILES string of the molecule is O=C1NC[C@@]2(CCCN(Cc3ccc(-n4ccnc4)cc3)CC2)O1. The molecule has 0 saturated carbocycles. The summed E-state index contributed by atoms with van der Waals surface area (Å²) < 4.78 is 7.54. The van der Waals surface area contributed by atoms with Gasteiger partial charge in [-0.3, -0.25) is 4.90 Å². The van der Waals surface area contributed by atoms with Crippen LogP contribution in [0.4, 0.5) is 4.79 Å². The maximum atomic E-state index is 11.4. The molecule has 126 valence electrons. The molecule has 2 aliphatic heterocycles. The van der Waals surface area contributed by atoms with E-state index in [2.05, 4.69) is 39.5 Å². The first-order valence-corrected chi connectivity index (χ1v) is 8.49. The number of carbonyl (C=O) groups excluding carboxylic acids is 1. The molecule has 1 aromatic carbocycles. The van der Waals surface area contributed by atoms with Crippen molar-refractivity contribution in [2.24, 2.45) is 0 Å². The van der Waals surface area contributed by atoms with E-state index in [1.807, 2.05) is 10.8 Å². The summed E-state index contributed by atoms with van der Waals surface area (Å²) in [6, 6.07) is 8.60. The molecule has 3 heterocycles. The van der Waals surface area contributed by atoms with Crippen molar-refractivity contribution in [3.05, 3.63) is 48.5 Å². The Morgan fingerprint density at radius 3 is 2.79 bits per heavy atom. The molecule has 1 aromatic heterocycles. The summed E-state index contributed by atoms with van der Waals surface area (Å²) in [6.07, 6.45) is 8.17. The molecular weight excluding hydrogens is 304 g/mol. The number of imidazole rings is 1. The van der Waals surface area contributed by atoms with E-state index < -0.39 is 0 Å². The van der Waals surface area contributed by atoms with Crippen LogP contribution in [0.1, 0.15) is 24.8 Å². The zero-order chi connectivity index (χ0) is 16.4. The fourth-order valence-electron chi connectivity index (χ4n) is 3.61. The minimum absolute atomic E-state index is 0.265. The standard InChI is InChI=1S/C18H22N4O2/c23-17-20-13-18(24-17)6-1-9-21(10-7-18)12-15-2-4-16(5-3-15)22-11-8-19-14-22/h2-5,8,11,14H,1,6-7,9-10,12-13H2,(H,20,23)/t18-/m0/s1. The van der Waals surface area contributed by atoms with Gasteiger partial charge in [0, 0.05) is 37.6 Å². The predicted molar refractivity (Wildman–Crippen MR) is 89.9 cm³/mol. The van der Waals surface area contributed by atoms with Gasteiger partial charge in [-0.2, -0.15) is 0 Å². The van der Waals surface area contributed by atoms with Crippen LogP contribution in [0, 0.1) is 0 Å². The first-order valence-electron chi connectivity index (χ1n) is 8.49. The Kier molecular flexibility index (Phi) is 3.98. The van der Waals surface area contributed by atoms with E-state index in [1.165, 1.54) is 5.56 Å². The van der Waals surface area contributed by atoms with Gasteiger partial charge in [-0.15, -0.1) is 0 Å². The molecule has 24 heavy (non-hydrogen) atoms. The van der Waals surface area contributed by atoms with Crippen molar-refractivity contribution < 1.29 is 9.53 Å². The number of rotatable bonds is 3. The highest BCUT2D eigenvalue weighted by Crippen LogP contribution is 2.29. The molecule has 1 amide bonds. The second kappa shape index (κ2) is 6.28. The van der Waals surface area contributed by atoms with Crippen LogP contribution in [0.5, 0.6) is 0 Å². The second-order valence-electron chi connectivity index (χ2n) is 6.69. The van der Waals surface area contributed by atoms with Crippen LogP contribution in [-0.4, -0.2) is 45.8 Å². The van der Waals surface area contributed by atoms with Crippen LogP contribution in [0.25, 0.3) is 5.69 Å². The molecule has 0 radical (unpaired) electrons. The summed E-state index contributed by atoms with van der Waals surface area (Å²) in [7, 11) is 0. The van der Waals surface area contributed by atoms with Gasteiger partial charge in [-0.1, -0.05) is 12.1 Å². The molecule has 0 aliphatic carbocycles. The van der Waals surface area contributed by atoms with Gasteiger partial charge in [0.15, 0.2) is 0 Å². The van der Waals surface area contributed by atoms with Crippen molar-refractivity contribution in [1.82, 2.24) is 19.8 Å². The summed E-state index contributed by atoms with van der Waals surface area (Å²) in [4.78, 5) is 17.9. The van der Waals surface area contributed by atoms with Gasteiger partial charge in [-0.05, 0) is 37.1 Å². The van der Waals surface area contributed by atoms with Gasteiger partial charge in [0.25, 0.3) is 0 Å². The minimum atomic E-state index is -0.281. The van der Waals surface area contributed by atoms with Crippen LogP contribution in [-0.2, 0) is 11.3 Å². The maximum absolute atomic E-state index is 11.4. The van der Waals surface area contributed by atoms with Crippen molar-refractivity contribution in [2.75, 3.05) is 19.6 Å². The molecule has 2 aliphatic rings. The van der Waals surface area contributed by atoms with Crippen LogP contribution in [0.15, 0.2) is 43.0 Å². The van der Waals surface area contributed by atoms with Gasteiger partial charge in [0.2, 0.25) is 0 Å². The number of carbonyl (C=O) groups is 1. The highest BCUT2D eigenvalue weighted by Gasteiger charge is 2.41. The number of ether oxygens (including phenoxy) is 1. The number of nitrogens with zero attached hydrogens (tertiary/aromatic N) is 3. The van der Waals surface area contributed by atoms with Crippen molar-refractivity contribution in [3.63, 3.8) is 0 Å². The van der Waals surface area contributed by atoms with Crippen molar-refractivity contribution in [2.45, 2.75) is 31.4 Å². The highest BCUT2D eigenvalue weighted by molar-refractivity contribution is 5.70. The fourth-order valence-corrected chi connectivity index (χ4v) is 3.61. The summed E-state index contributed by atoms with van der Waals surface area (Å²) >= 11 is 0. The van der Waals surface area contributed by atoms with Crippen molar-refractivity contribution >= 4 is 6.09 Å². The van der Waals surface area contributed by atoms with E-state index >= 15 is 0 Å². The first kappa shape index (κ1) is 15.2. The number of aromatic nitrogens is 2. The number of likely N-dealkylation sites (tertiary alicyclic amines) is 1. The molecular formula is C18H22N4O2. The molecule has 1 N–H and O–H groups in total. The van der Waals surface area contributed by atoms with E-state index in [-0.39, 0.29) is 11.7 Å². The molecule has 4 rings (SSSR count). The lowest BCUT2D eigenvalue weighted by atomic mass is 9.95. The quantitative estimate of drug-likeness (QED) is 0.940. The van der Waals surface area contributed by atoms with Crippen molar-refractivity contribution in [1.29, 1.82) is 0 Å². The largest absolute Gasteiger partial charge is 0.441 e. The highest BCUT2D eigenvalue weighted by atomic mass is 16.6. The number of amides is 1. The summed E-state index contributed by atoms with van der Waals surface area (Å²) in [5.41, 5.74) is 2.14. The predicted octanol–water partition coefficient (Wildman–Crippen LogP) is 2.34. The number of alkyl carbamates (subject to hydrolysis) is 1. The zero-order valence-electron chi connectivity index (χ0n) is 13.6. The lowest BCUT2D eigenvalue weighted by Gasteiger charge is -2.25. The lowest BCUT2D eigenvalue weighted by molar-refractivity contribution is 0.0443. The monoisotopic (exact) mass is 326 g/mol. The summed E-state index contributed by atoms with van der Waals surface area (Å²) in [5, 5.41) is 2.80. The number of hydrogen-bond acceptors (Lipinski definition) is 4. The lowest BCUT2D eigenvalue weighted by Crippen LogP contribution is -2.34. The average molecular weight is 326 g/mol. The van der Waals surface area contributed by atoms with E-state index in [0.29, 0.717) is 6.54 Å². The third-order valence-electron chi connectivity index (χ3n) is 5.00. The Balaban J connectivity index is 1.38. The smallest absolute Gasteiger partial charge is 0.407 e. The van der Waals surface area contributed by atoms with E-state index in [4.69, 9.17) is 4.74 Å². The van der Waals surface area contributed by atoms with Crippen LogP contribution in [0.2, 0.25) is 0 Å². The third kappa shape index (κ3) is 3.14. The molecule has 6 nitrogen and oxygen atoms in total. The fraction of sp³-hybridized carbons (Fsp3) is 0.444. The van der Waals surface area contributed by atoms with Crippen molar-refractivity contribution in [3.8, 4) is 5.69 Å². The van der Waals surface area contributed by atoms with E-state index in [9.17, 15) is 4.79 Å². The average Bonchev–Trinajstić information content (AvgIpc) is 3.19. The number of hydrogen-bond donors (Lipinski definition) is 1. The number of benzene rings is 1. The van der Waals surface area contributed by atoms with Gasteiger partial charge < -0.3 is 14.6 Å². The molecule has 6 heteroatoms. The Morgan fingerprint density at radius 2 is 2.08 bits per heavy atom. The van der Waals surface area contributed by atoms with E-state index in [0.717, 1.165) is 44.6 Å². The van der Waals surface area contributed by atoms with Gasteiger partial charge in [-0.25, -0.2) is 9.78 Å². The topological polar surface area (TPSA) is 59.4 Å². The van der Waals surface area contributed by atoms with Gasteiger partial charge in [0.1, 0.15) is 5.60 Å². The maximum Gasteiger partial charge on any atom is 0.407 e. The Labute approximate surface area is 141 Å². The molecule has 1 atom stereocenters. The normalized spacial score (nSPS) is 24.6. The Bertz CT molecular complexity index is 698. The Morgan fingerprint density at radius 1 is 1.21 bits per heavy atom. The number of nitrogens with one attached hydrogen (secondary N) is 1. The molecule has 0 unspecified atom stereocenters. The Hall–Kier alpha value is -2.34. The summed E-state index contributed by atoms with van der Waals surface area (Å²) in [5.74, 6) is 0. The molecule has 1 spiro atoms. The van der Waals surface area contributed by atoms with Crippen LogP contribution >= 0.6 is 0 Å².